The Morgan fingerprint density at radius 2 is 2.20 bits per heavy atom. The van der Waals surface area contributed by atoms with Gasteiger partial charge in [0.2, 0.25) is 0 Å². The summed E-state index contributed by atoms with van der Waals surface area (Å²) < 4.78 is 5.62. The molecule has 1 aromatic rings. The molecule has 1 saturated carbocycles. The van der Waals surface area contributed by atoms with Crippen LogP contribution in [-0.2, 0) is 0 Å². The lowest BCUT2D eigenvalue weighted by Gasteiger charge is -2.29. The molecule has 1 amide bonds. The van der Waals surface area contributed by atoms with E-state index in [9.17, 15) is 4.79 Å². The molecule has 0 aromatic heterocycles. The van der Waals surface area contributed by atoms with Gasteiger partial charge in [-0.2, -0.15) is 0 Å². The van der Waals surface area contributed by atoms with Crippen LogP contribution in [-0.4, -0.2) is 24.1 Å². The SMILES string of the molecule is CC(C)Oc1cccc(C(=O)NC(C)(CN)C2CC2)c1. The van der Waals surface area contributed by atoms with Crippen molar-refractivity contribution in [1.82, 2.24) is 5.32 Å². The molecule has 0 radical (unpaired) electrons. The average molecular weight is 276 g/mol. The zero-order valence-electron chi connectivity index (χ0n) is 12.5. The maximum atomic E-state index is 12.4. The van der Waals surface area contributed by atoms with Crippen molar-refractivity contribution in [3.8, 4) is 5.75 Å². The molecule has 0 saturated heterocycles. The van der Waals surface area contributed by atoms with Crippen molar-refractivity contribution in [2.45, 2.75) is 45.3 Å². The lowest BCUT2D eigenvalue weighted by molar-refractivity contribution is 0.0897. The van der Waals surface area contributed by atoms with Gasteiger partial charge in [0.1, 0.15) is 5.75 Å². The van der Waals surface area contributed by atoms with Crippen LogP contribution in [0, 0.1) is 5.92 Å². The van der Waals surface area contributed by atoms with Crippen molar-refractivity contribution in [2.75, 3.05) is 6.54 Å². The highest BCUT2D eigenvalue weighted by Gasteiger charge is 2.41. The zero-order valence-corrected chi connectivity index (χ0v) is 12.5. The van der Waals surface area contributed by atoms with E-state index in [2.05, 4.69) is 5.32 Å². The van der Waals surface area contributed by atoms with Gasteiger partial charge in [-0.3, -0.25) is 4.79 Å². The molecule has 0 spiro atoms. The highest BCUT2D eigenvalue weighted by molar-refractivity contribution is 5.95. The molecule has 4 heteroatoms. The Balaban J connectivity index is 2.08. The first kappa shape index (κ1) is 14.9. The summed E-state index contributed by atoms with van der Waals surface area (Å²) >= 11 is 0. The van der Waals surface area contributed by atoms with Crippen molar-refractivity contribution in [1.29, 1.82) is 0 Å². The number of benzene rings is 1. The topological polar surface area (TPSA) is 64.3 Å². The van der Waals surface area contributed by atoms with Crippen LogP contribution < -0.4 is 15.8 Å². The number of hydrogen-bond donors (Lipinski definition) is 2. The number of nitrogens with two attached hydrogens (primary N) is 1. The van der Waals surface area contributed by atoms with Crippen LogP contribution in [0.4, 0.5) is 0 Å². The van der Waals surface area contributed by atoms with Crippen molar-refractivity contribution in [2.24, 2.45) is 11.7 Å². The summed E-state index contributed by atoms with van der Waals surface area (Å²) in [5.41, 5.74) is 6.15. The molecule has 1 fully saturated rings. The molecule has 2 rings (SSSR count). The molecule has 1 atom stereocenters. The summed E-state index contributed by atoms with van der Waals surface area (Å²) in [6, 6.07) is 7.27. The molecule has 1 unspecified atom stereocenters. The molecule has 4 nitrogen and oxygen atoms in total. The number of hydrogen-bond acceptors (Lipinski definition) is 3. The number of ether oxygens (including phenoxy) is 1. The summed E-state index contributed by atoms with van der Waals surface area (Å²) in [7, 11) is 0. The van der Waals surface area contributed by atoms with E-state index in [1.165, 1.54) is 0 Å². The fraction of sp³-hybridized carbons (Fsp3) is 0.562. The van der Waals surface area contributed by atoms with E-state index < -0.39 is 0 Å². The van der Waals surface area contributed by atoms with Gasteiger partial charge in [0.25, 0.3) is 5.91 Å². The second kappa shape index (κ2) is 5.83. The second-order valence-electron chi connectivity index (χ2n) is 6.04. The minimum Gasteiger partial charge on any atom is -0.491 e. The molecule has 1 aliphatic carbocycles. The normalized spacial score (nSPS) is 17.6. The first-order valence-electron chi connectivity index (χ1n) is 7.24. The summed E-state index contributed by atoms with van der Waals surface area (Å²) in [6.45, 7) is 6.42. The van der Waals surface area contributed by atoms with Gasteiger partial charge in [0.05, 0.1) is 11.6 Å². The van der Waals surface area contributed by atoms with Gasteiger partial charge in [0, 0.05) is 12.1 Å². The number of rotatable bonds is 6. The molecule has 0 aliphatic heterocycles. The smallest absolute Gasteiger partial charge is 0.251 e. The fourth-order valence-corrected chi connectivity index (χ4v) is 2.35. The van der Waals surface area contributed by atoms with Crippen LogP contribution in [0.2, 0.25) is 0 Å². The van der Waals surface area contributed by atoms with Crippen LogP contribution in [0.1, 0.15) is 44.0 Å². The standard InChI is InChI=1S/C16H24N2O2/c1-11(2)20-14-6-4-5-12(9-14)15(19)18-16(3,10-17)13-7-8-13/h4-6,9,11,13H,7-8,10,17H2,1-3H3,(H,18,19). The third-order valence-corrected chi connectivity index (χ3v) is 3.77. The number of nitrogens with one attached hydrogen (secondary N) is 1. The molecule has 0 heterocycles. The molecule has 1 aliphatic rings. The first-order chi connectivity index (χ1) is 9.44. The van der Waals surface area contributed by atoms with E-state index in [1.807, 2.05) is 32.9 Å². The van der Waals surface area contributed by atoms with Gasteiger partial charge in [-0.1, -0.05) is 6.07 Å². The lowest BCUT2D eigenvalue weighted by Crippen LogP contribution is -2.53. The van der Waals surface area contributed by atoms with Crippen LogP contribution in [0.3, 0.4) is 0 Å². The first-order valence-corrected chi connectivity index (χ1v) is 7.24. The highest BCUT2D eigenvalue weighted by Crippen LogP contribution is 2.39. The van der Waals surface area contributed by atoms with Crippen molar-refractivity contribution in [3.63, 3.8) is 0 Å². The molecular weight excluding hydrogens is 252 g/mol. The van der Waals surface area contributed by atoms with Gasteiger partial charge in [-0.15, -0.1) is 0 Å². The Labute approximate surface area is 120 Å². The Morgan fingerprint density at radius 3 is 2.75 bits per heavy atom. The minimum absolute atomic E-state index is 0.0842. The van der Waals surface area contributed by atoms with Gasteiger partial charge < -0.3 is 15.8 Å². The molecule has 3 N–H and O–H groups in total. The molecule has 20 heavy (non-hydrogen) atoms. The van der Waals surface area contributed by atoms with E-state index in [1.54, 1.807) is 12.1 Å². The maximum absolute atomic E-state index is 12.4. The Morgan fingerprint density at radius 1 is 1.50 bits per heavy atom. The van der Waals surface area contributed by atoms with Crippen LogP contribution in [0.5, 0.6) is 5.75 Å². The minimum atomic E-state index is -0.300. The van der Waals surface area contributed by atoms with Crippen LogP contribution in [0.25, 0.3) is 0 Å². The van der Waals surface area contributed by atoms with E-state index in [4.69, 9.17) is 10.5 Å². The van der Waals surface area contributed by atoms with E-state index in [0.29, 0.717) is 23.8 Å². The zero-order chi connectivity index (χ0) is 14.8. The molecule has 0 bridgehead atoms. The van der Waals surface area contributed by atoms with Crippen LogP contribution in [0.15, 0.2) is 24.3 Å². The molecular formula is C16H24N2O2. The number of carbonyl (C=O) groups is 1. The monoisotopic (exact) mass is 276 g/mol. The predicted octanol–water partition coefficient (Wildman–Crippen LogP) is 2.33. The second-order valence-corrected chi connectivity index (χ2v) is 6.04. The van der Waals surface area contributed by atoms with E-state index in [-0.39, 0.29) is 17.6 Å². The quantitative estimate of drug-likeness (QED) is 0.838. The summed E-state index contributed by atoms with van der Waals surface area (Å²) in [6.07, 6.45) is 2.38. The summed E-state index contributed by atoms with van der Waals surface area (Å²) in [4.78, 5) is 12.4. The van der Waals surface area contributed by atoms with Crippen molar-refractivity contribution >= 4 is 5.91 Å². The molecule has 1 aromatic carbocycles. The Hall–Kier alpha value is -1.55. The van der Waals surface area contributed by atoms with E-state index in [0.717, 1.165) is 12.8 Å². The van der Waals surface area contributed by atoms with Gasteiger partial charge in [-0.25, -0.2) is 0 Å². The largest absolute Gasteiger partial charge is 0.491 e. The summed E-state index contributed by atoms with van der Waals surface area (Å²) in [5.74, 6) is 1.14. The highest BCUT2D eigenvalue weighted by atomic mass is 16.5. The van der Waals surface area contributed by atoms with Gasteiger partial charge >= 0.3 is 0 Å². The van der Waals surface area contributed by atoms with Gasteiger partial charge in [-0.05, 0) is 57.7 Å². The Kier molecular flexibility index (Phi) is 4.33. The Bertz CT molecular complexity index is 483. The van der Waals surface area contributed by atoms with Gasteiger partial charge in [0.15, 0.2) is 0 Å². The third-order valence-electron chi connectivity index (χ3n) is 3.77. The van der Waals surface area contributed by atoms with E-state index >= 15 is 0 Å². The number of carbonyl (C=O) groups excluding carboxylic acids is 1. The predicted molar refractivity (Wildman–Crippen MR) is 79.9 cm³/mol. The fourth-order valence-electron chi connectivity index (χ4n) is 2.35. The number of amides is 1. The summed E-state index contributed by atoms with van der Waals surface area (Å²) in [5, 5.41) is 3.08. The van der Waals surface area contributed by atoms with Crippen molar-refractivity contribution < 1.29 is 9.53 Å². The van der Waals surface area contributed by atoms with Crippen molar-refractivity contribution in [3.05, 3.63) is 29.8 Å². The average Bonchev–Trinajstić information content (AvgIpc) is 3.22. The lowest BCUT2D eigenvalue weighted by atomic mass is 9.95. The molecule has 110 valence electrons. The maximum Gasteiger partial charge on any atom is 0.251 e. The third kappa shape index (κ3) is 3.51. The van der Waals surface area contributed by atoms with Crippen LogP contribution >= 0.6 is 0 Å².